The number of fused-ring (bicyclic) bond motifs is 1. The van der Waals surface area contributed by atoms with Crippen LogP contribution in [-0.2, 0) is 15.9 Å². The van der Waals surface area contributed by atoms with Gasteiger partial charge in [-0.15, -0.1) is 0 Å². The minimum absolute atomic E-state index is 0.0177. The van der Waals surface area contributed by atoms with Crippen molar-refractivity contribution in [1.29, 1.82) is 0 Å². The average Bonchev–Trinajstić information content (AvgIpc) is 3.22. The van der Waals surface area contributed by atoms with Gasteiger partial charge in [-0.1, -0.05) is 36.4 Å². The first-order valence-corrected chi connectivity index (χ1v) is 7.55. The molecule has 3 aromatic rings. The molecule has 0 fully saturated rings. The number of para-hydroxylation sites is 1. The molecular formula is C18H15NO5. The number of phenols is 1. The third-order valence-electron chi connectivity index (χ3n) is 4.02. The van der Waals surface area contributed by atoms with Crippen LogP contribution < -0.4 is 5.76 Å². The number of hydrogen-bond acceptors (Lipinski definition) is 5. The molecule has 0 saturated heterocycles. The van der Waals surface area contributed by atoms with Gasteiger partial charge in [-0.2, -0.15) is 0 Å². The van der Waals surface area contributed by atoms with Crippen molar-refractivity contribution in [2.75, 3.05) is 6.79 Å². The lowest BCUT2D eigenvalue weighted by atomic mass is 10.0. The first kappa shape index (κ1) is 14.4. The lowest BCUT2D eigenvalue weighted by molar-refractivity contribution is 0.0709. The van der Waals surface area contributed by atoms with E-state index >= 15 is 0 Å². The molecule has 0 saturated carbocycles. The van der Waals surface area contributed by atoms with Gasteiger partial charge in [0.25, 0.3) is 0 Å². The lowest BCUT2D eigenvalue weighted by Gasteiger charge is -2.18. The van der Waals surface area contributed by atoms with Crippen molar-refractivity contribution in [2.24, 2.45) is 0 Å². The number of oxazole rings is 1. The highest BCUT2D eigenvalue weighted by Crippen LogP contribution is 2.32. The van der Waals surface area contributed by atoms with E-state index < -0.39 is 11.8 Å². The second kappa shape index (κ2) is 5.81. The number of rotatable bonds is 4. The SMILES string of the molecule is O=c1oc2cccc(O)c2n1C(Cc1ccccc1)C1=COCO1. The first-order valence-electron chi connectivity index (χ1n) is 7.55. The zero-order valence-corrected chi connectivity index (χ0v) is 12.7. The van der Waals surface area contributed by atoms with Crippen LogP contribution in [-0.4, -0.2) is 16.5 Å². The van der Waals surface area contributed by atoms with Crippen LogP contribution in [0, 0.1) is 0 Å². The number of ether oxygens (including phenoxy) is 2. The number of phenolic OH excluding ortho intramolecular Hbond substituents is 1. The Kier molecular flexibility index (Phi) is 3.49. The summed E-state index contributed by atoms with van der Waals surface area (Å²) in [5.41, 5.74) is 1.70. The number of nitrogens with zero attached hydrogens (tertiary/aromatic N) is 1. The third-order valence-corrected chi connectivity index (χ3v) is 4.02. The summed E-state index contributed by atoms with van der Waals surface area (Å²) in [5, 5.41) is 10.2. The molecular weight excluding hydrogens is 310 g/mol. The summed E-state index contributed by atoms with van der Waals surface area (Å²) in [5.74, 6) is -0.0494. The van der Waals surface area contributed by atoms with E-state index in [9.17, 15) is 9.90 Å². The first-order chi connectivity index (χ1) is 11.7. The van der Waals surface area contributed by atoms with E-state index in [-0.39, 0.29) is 12.5 Å². The molecule has 6 nitrogen and oxygen atoms in total. The van der Waals surface area contributed by atoms with Crippen LogP contribution >= 0.6 is 0 Å². The van der Waals surface area contributed by atoms with Gasteiger partial charge in [0.15, 0.2) is 11.3 Å². The van der Waals surface area contributed by atoms with Crippen molar-refractivity contribution in [1.82, 2.24) is 4.57 Å². The van der Waals surface area contributed by atoms with E-state index in [0.29, 0.717) is 23.3 Å². The molecule has 2 aromatic carbocycles. The third kappa shape index (κ3) is 2.42. The van der Waals surface area contributed by atoms with Crippen molar-refractivity contribution < 1.29 is 19.0 Å². The van der Waals surface area contributed by atoms with Gasteiger partial charge in [0.1, 0.15) is 23.6 Å². The molecule has 1 aliphatic rings. The van der Waals surface area contributed by atoms with Crippen LogP contribution in [0.25, 0.3) is 11.1 Å². The highest BCUT2D eigenvalue weighted by Gasteiger charge is 2.28. The van der Waals surface area contributed by atoms with Gasteiger partial charge >= 0.3 is 5.76 Å². The minimum Gasteiger partial charge on any atom is -0.506 e. The summed E-state index contributed by atoms with van der Waals surface area (Å²) < 4.78 is 17.4. The van der Waals surface area contributed by atoms with Crippen molar-refractivity contribution in [3.8, 4) is 5.75 Å². The van der Waals surface area contributed by atoms with E-state index in [1.807, 2.05) is 30.3 Å². The topological polar surface area (TPSA) is 73.8 Å². The molecule has 24 heavy (non-hydrogen) atoms. The number of benzene rings is 2. The number of allylic oxidation sites excluding steroid dienone is 1. The molecule has 0 amide bonds. The summed E-state index contributed by atoms with van der Waals surface area (Å²) in [4.78, 5) is 12.4. The van der Waals surface area contributed by atoms with Gasteiger partial charge in [-0.3, -0.25) is 4.57 Å². The van der Waals surface area contributed by atoms with E-state index in [1.165, 1.54) is 16.9 Å². The Hall–Kier alpha value is -3.15. The Labute approximate surface area is 137 Å². The standard InChI is InChI=1S/C18H15NO5/c20-14-7-4-8-15-17(14)19(18(21)24-15)13(16-10-22-11-23-16)9-12-5-2-1-3-6-12/h1-8,10,13,20H,9,11H2. The van der Waals surface area contributed by atoms with E-state index in [0.717, 1.165) is 5.56 Å². The number of aromatic nitrogens is 1. The van der Waals surface area contributed by atoms with E-state index in [2.05, 4.69) is 0 Å². The lowest BCUT2D eigenvalue weighted by Crippen LogP contribution is -2.24. The molecule has 1 aliphatic heterocycles. The highest BCUT2D eigenvalue weighted by molar-refractivity contribution is 5.80. The fourth-order valence-corrected chi connectivity index (χ4v) is 2.94. The number of hydrogen-bond donors (Lipinski definition) is 1. The molecule has 1 atom stereocenters. The molecule has 0 bridgehead atoms. The smallest absolute Gasteiger partial charge is 0.420 e. The van der Waals surface area contributed by atoms with Crippen molar-refractivity contribution in [3.05, 3.63) is 76.7 Å². The molecule has 2 heterocycles. The summed E-state index contributed by atoms with van der Waals surface area (Å²) in [7, 11) is 0. The fourth-order valence-electron chi connectivity index (χ4n) is 2.94. The van der Waals surface area contributed by atoms with Gasteiger partial charge in [0.05, 0.1) is 0 Å². The number of aromatic hydroxyl groups is 1. The van der Waals surface area contributed by atoms with E-state index in [4.69, 9.17) is 13.9 Å². The van der Waals surface area contributed by atoms with Gasteiger partial charge in [-0.05, 0) is 17.7 Å². The molecule has 1 unspecified atom stereocenters. The molecule has 1 aromatic heterocycles. The molecule has 122 valence electrons. The minimum atomic E-state index is -0.552. The van der Waals surface area contributed by atoms with Crippen LogP contribution in [0.5, 0.6) is 5.75 Å². The summed E-state index contributed by atoms with van der Waals surface area (Å²) in [6.45, 7) is 0.108. The molecule has 6 heteroatoms. The van der Waals surface area contributed by atoms with Crippen molar-refractivity contribution in [3.63, 3.8) is 0 Å². The summed E-state index contributed by atoms with van der Waals surface area (Å²) >= 11 is 0. The monoisotopic (exact) mass is 325 g/mol. The predicted octanol–water partition coefficient (Wildman–Crippen LogP) is 2.93. The van der Waals surface area contributed by atoms with Crippen LogP contribution in [0.2, 0.25) is 0 Å². The molecule has 1 N–H and O–H groups in total. The Morgan fingerprint density at radius 3 is 2.71 bits per heavy atom. The Morgan fingerprint density at radius 2 is 1.96 bits per heavy atom. The second-order valence-electron chi connectivity index (χ2n) is 5.52. The van der Waals surface area contributed by atoms with Gasteiger partial charge < -0.3 is 19.0 Å². The second-order valence-corrected chi connectivity index (χ2v) is 5.52. The van der Waals surface area contributed by atoms with Crippen LogP contribution in [0.4, 0.5) is 0 Å². The predicted molar refractivity (Wildman–Crippen MR) is 86.4 cm³/mol. The van der Waals surface area contributed by atoms with Crippen LogP contribution in [0.1, 0.15) is 11.6 Å². The van der Waals surface area contributed by atoms with Crippen LogP contribution in [0.15, 0.2) is 69.8 Å². The quantitative estimate of drug-likeness (QED) is 0.798. The highest BCUT2D eigenvalue weighted by atomic mass is 16.7. The normalized spacial score (nSPS) is 14.9. The van der Waals surface area contributed by atoms with E-state index in [1.54, 1.807) is 12.1 Å². The molecule has 0 spiro atoms. The van der Waals surface area contributed by atoms with Gasteiger partial charge in [0, 0.05) is 6.42 Å². The maximum atomic E-state index is 12.4. The van der Waals surface area contributed by atoms with Crippen molar-refractivity contribution >= 4 is 11.1 Å². The molecule has 4 rings (SSSR count). The summed E-state index contributed by atoms with van der Waals surface area (Å²) in [6.07, 6.45) is 2.00. The summed E-state index contributed by atoms with van der Waals surface area (Å²) in [6, 6.07) is 14.1. The zero-order valence-electron chi connectivity index (χ0n) is 12.7. The maximum Gasteiger partial charge on any atom is 0.420 e. The Balaban J connectivity index is 1.88. The van der Waals surface area contributed by atoms with Gasteiger partial charge in [-0.25, -0.2) is 4.79 Å². The zero-order chi connectivity index (χ0) is 16.5. The van der Waals surface area contributed by atoms with Gasteiger partial charge in [0.2, 0.25) is 6.79 Å². The Bertz CT molecular complexity index is 954. The largest absolute Gasteiger partial charge is 0.506 e. The molecule has 0 radical (unpaired) electrons. The van der Waals surface area contributed by atoms with Crippen LogP contribution in [0.3, 0.4) is 0 Å². The molecule has 0 aliphatic carbocycles. The average molecular weight is 325 g/mol. The van der Waals surface area contributed by atoms with Crippen molar-refractivity contribution in [2.45, 2.75) is 12.5 Å². The Morgan fingerprint density at radius 1 is 1.12 bits per heavy atom. The maximum absolute atomic E-state index is 12.4. The fraction of sp³-hybridized carbons (Fsp3) is 0.167.